The molecule has 0 aliphatic carbocycles. The molecule has 1 heterocycles. The van der Waals surface area contributed by atoms with Crippen LogP contribution in [0.15, 0.2) is 18.2 Å². The third-order valence-electron chi connectivity index (χ3n) is 2.69. The Labute approximate surface area is 115 Å². The van der Waals surface area contributed by atoms with Crippen LogP contribution in [0.5, 0.6) is 11.5 Å². The van der Waals surface area contributed by atoms with Crippen molar-refractivity contribution in [2.45, 2.75) is 6.92 Å². The summed E-state index contributed by atoms with van der Waals surface area (Å²) in [5, 5.41) is 3.76. The predicted octanol–water partition coefficient (Wildman–Crippen LogP) is 2.22. The summed E-state index contributed by atoms with van der Waals surface area (Å²) in [6.07, 6.45) is 0. The molecule has 98 valence electrons. The lowest BCUT2D eigenvalue weighted by Crippen LogP contribution is -2.30. The largest absolute Gasteiger partial charge is 0.486 e. The summed E-state index contributed by atoms with van der Waals surface area (Å²) in [7, 11) is 0. The average molecular weight is 314 g/mol. The number of nitrogens with one attached hydrogen (secondary N) is 1. The number of carbonyl (C=O) groups excluding carboxylic acids is 1. The average Bonchev–Trinajstić information content (AvgIpc) is 2.43. The van der Waals surface area contributed by atoms with Crippen LogP contribution in [-0.4, -0.2) is 31.0 Å². The van der Waals surface area contributed by atoms with Gasteiger partial charge in [0, 0.05) is 11.9 Å². The summed E-state index contributed by atoms with van der Waals surface area (Å²) in [6.45, 7) is 3.71. The number of para-hydroxylation sites is 1. The summed E-state index contributed by atoms with van der Waals surface area (Å²) >= 11 is 3.39. The first-order valence-corrected chi connectivity index (χ1v) is 7.07. The van der Waals surface area contributed by atoms with Gasteiger partial charge in [-0.25, -0.2) is 0 Å². The lowest BCUT2D eigenvalue weighted by atomic mass is 10.1. The number of rotatable bonds is 4. The molecule has 1 unspecified atom stereocenters. The van der Waals surface area contributed by atoms with E-state index in [0.717, 1.165) is 5.33 Å². The smallest absolute Gasteiger partial charge is 0.255 e. The lowest BCUT2D eigenvalue weighted by Gasteiger charge is -2.20. The van der Waals surface area contributed by atoms with Gasteiger partial charge in [-0.05, 0) is 18.1 Å². The fourth-order valence-corrected chi connectivity index (χ4v) is 1.90. The molecule has 2 rings (SSSR count). The monoisotopic (exact) mass is 313 g/mol. The van der Waals surface area contributed by atoms with E-state index in [9.17, 15) is 4.79 Å². The number of halogens is 1. The molecule has 0 radical (unpaired) electrons. The fraction of sp³-hybridized carbons (Fsp3) is 0.462. The van der Waals surface area contributed by atoms with Gasteiger partial charge < -0.3 is 14.8 Å². The van der Waals surface area contributed by atoms with Crippen molar-refractivity contribution in [3.8, 4) is 11.5 Å². The van der Waals surface area contributed by atoms with Gasteiger partial charge in [-0.1, -0.05) is 28.9 Å². The molecule has 18 heavy (non-hydrogen) atoms. The molecule has 1 aliphatic heterocycles. The Morgan fingerprint density at radius 1 is 1.44 bits per heavy atom. The van der Waals surface area contributed by atoms with Crippen LogP contribution in [0.2, 0.25) is 0 Å². The van der Waals surface area contributed by atoms with E-state index in [2.05, 4.69) is 28.2 Å². The van der Waals surface area contributed by atoms with Gasteiger partial charge >= 0.3 is 0 Å². The van der Waals surface area contributed by atoms with Crippen molar-refractivity contribution < 1.29 is 14.3 Å². The molecule has 1 N–H and O–H groups in total. The SMILES string of the molecule is CC(CBr)CNC(=O)c1cccc2c1OCCO2. The molecule has 0 saturated carbocycles. The quantitative estimate of drug-likeness (QED) is 0.867. The molecule has 0 fully saturated rings. The van der Waals surface area contributed by atoms with Gasteiger partial charge in [0.1, 0.15) is 13.2 Å². The first-order chi connectivity index (χ1) is 8.72. The van der Waals surface area contributed by atoms with E-state index < -0.39 is 0 Å². The number of alkyl halides is 1. The normalized spacial score (nSPS) is 15.0. The van der Waals surface area contributed by atoms with E-state index in [1.54, 1.807) is 12.1 Å². The number of amides is 1. The van der Waals surface area contributed by atoms with E-state index in [1.807, 2.05) is 6.07 Å². The standard InChI is InChI=1S/C13H16BrNO3/c1-9(7-14)8-15-13(16)10-3-2-4-11-12(10)18-6-5-17-11/h2-4,9H,5-8H2,1H3,(H,15,16). The Morgan fingerprint density at radius 3 is 3.00 bits per heavy atom. The van der Waals surface area contributed by atoms with Crippen LogP contribution in [-0.2, 0) is 0 Å². The first kappa shape index (κ1) is 13.2. The summed E-state index contributed by atoms with van der Waals surface area (Å²) in [6, 6.07) is 5.37. The van der Waals surface area contributed by atoms with Gasteiger partial charge in [0.05, 0.1) is 5.56 Å². The van der Waals surface area contributed by atoms with Crippen molar-refractivity contribution in [2.24, 2.45) is 5.92 Å². The second kappa shape index (κ2) is 6.09. The molecular formula is C13H16BrNO3. The first-order valence-electron chi connectivity index (χ1n) is 5.95. The van der Waals surface area contributed by atoms with Gasteiger partial charge in [-0.2, -0.15) is 0 Å². The van der Waals surface area contributed by atoms with E-state index >= 15 is 0 Å². The highest BCUT2D eigenvalue weighted by Gasteiger charge is 2.20. The molecular weight excluding hydrogens is 298 g/mol. The minimum absolute atomic E-state index is 0.120. The Bertz CT molecular complexity index is 436. The highest BCUT2D eigenvalue weighted by molar-refractivity contribution is 9.09. The van der Waals surface area contributed by atoms with Gasteiger partial charge in [-0.3, -0.25) is 4.79 Å². The minimum atomic E-state index is -0.120. The summed E-state index contributed by atoms with van der Waals surface area (Å²) in [5.41, 5.74) is 0.536. The molecule has 1 aromatic rings. The molecule has 0 saturated heterocycles. The van der Waals surface area contributed by atoms with Crippen molar-refractivity contribution >= 4 is 21.8 Å². The van der Waals surface area contributed by atoms with Crippen LogP contribution in [0.4, 0.5) is 0 Å². The third-order valence-corrected chi connectivity index (χ3v) is 3.79. The number of hydrogen-bond acceptors (Lipinski definition) is 3. The molecule has 0 spiro atoms. The molecule has 0 aromatic heterocycles. The van der Waals surface area contributed by atoms with Crippen molar-refractivity contribution in [1.29, 1.82) is 0 Å². The molecule has 1 aromatic carbocycles. The highest BCUT2D eigenvalue weighted by Crippen LogP contribution is 2.33. The van der Waals surface area contributed by atoms with Crippen molar-refractivity contribution in [3.63, 3.8) is 0 Å². The summed E-state index contributed by atoms with van der Waals surface area (Å²) < 4.78 is 11.0. The number of fused-ring (bicyclic) bond motifs is 1. The molecule has 1 aliphatic rings. The van der Waals surface area contributed by atoms with Crippen molar-refractivity contribution in [3.05, 3.63) is 23.8 Å². The summed E-state index contributed by atoms with van der Waals surface area (Å²) in [5.74, 6) is 1.46. The van der Waals surface area contributed by atoms with E-state index in [4.69, 9.17) is 9.47 Å². The topological polar surface area (TPSA) is 47.6 Å². The Kier molecular flexibility index (Phi) is 4.47. The molecule has 5 heteroatoms. The predicted molar refractivity (Wildman–Crippen MR) is 72.7 cm³/mol. The van der Waals surface area contributed by atoms with Crippen LogP contribution in [0.1, 0.15) is 17.3 Å². The number of benzene rings is 1. The zero-order valence-electron chi connectivity index (χ0n) is 10.2. The van der Waals surface area contributed by atoms with Crippen LogP contribution >= 0.6 is 15.9 Å². The Morgan fingerprint density at radius 2 is 2.22 bits per heavy atom. The van der Waals surface area contributed by atoms with E-state index in [1.165, 1.54) is 0 Å². The maximum Gasteiger partial charge on any atom is 0.255 e. The number of carbonyl (C=O) groups is 1. The number of ether oxygens (including phenoxy) is 2. The number of hydrogen-bond donors (Lipinski definition) is 1. The fourth-order valence-electron chi connectivity index (χ4n) is 1.67. The molecule has 4 nitrogen and oxygen atoms in total. The second-order valence-corrected chi connectivity index (χ2v) is 4.95. The van der Waals surface area contributed by atoms with E-state index in [0.29, 0.717) is 42.7 Å². The highest BCUT2D eigenvalue weighted by atomic mass is 79.9. The Balaban J connectivity index is 2.10. The van der Waals surface area contributed by atoms with Gasteiger partial charge in [0.15, 0.2) is 11.5 Å². The van der Waals surface area contributed by atoms with Gasteiger partial charge in [-0.15, -0.1) is 0 Å². The molecule has 1 atom stereocenters. The van der Waals surface area contributed by atoms with Crippen LogP contribution in [0, 0.1) is 5.92 Å². The maximum atomic E-state index is 12.1. The van der Waals surface area contributed by atoms with Gasteiger partial charge in [0.25, 0.3) is 5.91 Å². The maximum absolute atomic E-state index is 12.1. The minimum Gasteiger partial charge on any atom is -0.486 e. The Hall–Kier alpha value is -1.23. The second-order valence-electron chi connectivity index (χ2n) is 4.30. The summed E-state index contributed by atoms with van der Waals surface area (Å²) in [4.78, 5) is 12.1. The van der Waals surface area contributed by atoms with Crippen molar-refractivity contribution in [1.82, 2.24) is 5.32 Å². The molecule has 0 bridgehead atoms. The van der Waals surface area contributed by atoms with Crippen LogP contribution in [0.3, 0.4) is 0 Å². The van der Waals surface area contributed by atoms with Crippen molar-refractivity contribution in [2.75, 3.05) is 25.1 Å². The molecule has 1 amide bonds. The lowest BCUT2D eigenvalue weighted by molar-refractivity contribution is 0.0938. The van der Waals surface area contributed by atoms with E-state index in [-0.39, 0.29) is 5.91 Å². The zero-order chi connectivity index (χ0) is 13.0. The van der Waals surface area contributed by atoms with Gasteiger partial charge in [0.2, 0.25) is 0 Å². The van der Waals surface area contributed by atoms with Crippen LogP contribution < -0.4 is 14.8 Å². The third kappa shape index (κ3) is 2.96. The zero-order valence-corrected chi connectivity index (χ0v) is 11.8. The van der Waals surface area contributed by atoms with Crippen LogP contribution in [0.25, 0.3) is 0 Å².